The minimum absolute atomic E-state index is 0.270. The van der Waals surface area contributed by atoms with E-state index in [1.54, 1.807) is 38.1 Å². The average Bonchev–Trinajstić information content (AvgIpc) is 2.86. The van der Waals surface area contributed by atoms with Crippen molar-refractivity contribution >= 4 is 17.6 Å². The van der Waals surface area contributed by atoms with Crippen LogP contribution in [0.5, 0.6) is 0 Å². The molecule has 0 spiro atoms. The zero-order valence-corrected chi connectivity index (χ0v) is 11.2. The van der Waals surface area contributed by atoms with Crippen molar-refractivity contribution in [2.75, 3.05) is 11.9 Å². The fraction of sp³-hybridized carbons (Fsp3) is 0.214. The van der Waals surface area contributed by atoms with E-state index in [9.17, 15) is 9.59 Å². The number of para-hydroxylation sites is 1. The first-order valence-corrected chi connectivity index (χ1v) is 6.12. The molecule has 2 aromatic rings. The molecule has 0 saturated carbocycles. The van der Waals surface area contributed by atoms with Gasteiger partial charge in [-0.25, -0.2) is 4.79 Å². The molecular formula is C14H14N2O4. The number of hydrogen-bond donors (Lipinski definition) is 1. The molecule has 104 valence electrons. The van der Waals surface area contributed by atoms with Gasteiger partial charge in [0.1, 0.15) is 11.3 Å². The number of aryl methyl sites for hydroxylation is 1. The molecule has 0 saturated heterocycles. The van der Waals surface area contributed by atoms with Crippen molar-refractivity contribution in [3.8, 4) is 0 Å². The predicted molar refractivity (Wildman–Crippen MR) is 71.6 cm³/mol. The van der Waals surface area contributed by atoms with Crippen LogP contribution < -0.4 is 5.32 Å². The molecule has 1 heterocycles. The zero-order chi connectivity index (χ0) is 14.5. The average molecular weight is 274 g/mol. The second-order valence-corrected chi connectivity index (χ2v) is 4.02. The Morgan fingerprint density at radius 2 is 2.05 bits per heavy atom. The van der Waals surface area contributed by atoms with Crippen LogP contribution in [0.1, 0.15) is 33.4 Å². The Morgan fingerprint density at radius 1 is 1.30 bits per heavy atom. The molecule has 2 rings (SSSR count). The molecule has 1 aromatic heterocycles. The minimum atomic E-state index is -0.481. The summed E-state index contributed by atoms with van der Waals surface area (Å²) in [4.78, 5) is 23.9. The fourth-order valence-electron chi connectivity index (χ4n) is 1.69. The van der Waals surface area contributed by atoms with Gasteiger partial charge in [-0.1, -0.05) is 17.3 Å². The lowest BCUT2D eigenvalue weighted by atomic mass is 10.1. The number of esters is 1. The van der Waals surface area contributed by atoms with Crippen LogP contribution in [0.2, 0.25) is 0 Å². The molecule has 0 radical (unpaired) electrons. The maximum atomic E-state index is 12.1. The van der Waals surface area contributed by atoms with Crippen LogP contribution in [0.3, 0.4) is 0 Å². The normalized spacial score (nSPS) is 10.1. The van der Waals surface area contributed by atoms with Crippen LogP contribution >= 0.6 is 0 Å². The second-order valence-electron chi connectivity index (χ2n) is 4.02. The van der Waals surface area contributed by atoms with Crippen molar-refractivity contribution in [1.82, 2.24) is 5.16 Å². The van der Waals surface area contributed by atoms with Crippen LogP contribution in [0.4, 0.5) is 5.69 Å². The number of carbonyl (C=O) groups excluding carboxylic acids is 2. The summed E-state index contributed by atoms with van der Waals surface area (Å²) < 4.78 is 9.78. The van der Waals surface area contributed by atoms with E-state index in [4.69, 9.17) is 9.26 Å². The fourth-order valence-corrected chi connectivity index (χ4v) is 1.69. The van der Waals surface area contributed by atoms with Gasteiger partial charge in [0.2, 0.25) is 0 Å². The molecule has 0 fully saturated rings. The summed E-state index contributed by atoms with van der Waals surface area (Å²) in [6.07, 6.45) is 1.33. The highest BCUT2D eigenvalue weighted by atomic mass is 16.5. The molecule has 1 N–H and O–H groups in total. The topological polar surface area (TPSA) is 81.4 Å². The molecule has 6 heteroatoms. The number of anilines is 1. The van der Waals surface area contributed by atoms with E-state index in [1.807, 2.05) is 0 Å². The summed E-state index contributed by atoms with van der Waals surface area (Å²) >= 11 is 0. The number of nitrogens with one attached hydrogen (secondary N) is 1. The van der Waals surface area contributed by atoms with E-state index in [1.165, 1.54) is 6.20 Å². The summed E-state index contributed by atoms with van der Waals surface area (Å²) in [5, 5.41) is 6.20. The molecular weight excluding hydrogens is 260 g/mol. The van der Waals surface area contributed by atoms with Crippen LogP contribution in [0.25, 0.3) is 0 Å². The lowest BCUT2D eigenvalue weighted by Gasteiger charge is -2.09. The Hall–Kier alpha value is -2.63. The van der Waals surface area contributed by atoms with E-state index in [0.29, 0.717) is 22.6 Å². The van der Waals surface area contributed by atoms with Crippen molar-refractivity contribution in [3.05, 3.63) is 47.3 Å². The van der Waals surface area contributed by atoms with Gasteiger partial charge in [-0.3, -0.25) is 4.79 Å². The largest absolute Gasteiger partial charge is 0.462 e. The van der Waals surface area contributed by atoms with E-state index in [2.05, 4.69) is 10.5 Å². The number of amides is 1. The molecule has 0 atom stereocenters. The van der Waals surface area contributed by atoms with Crippen molar-refractivity contribution in [2.45, 2.75) is 13.8 Å². The van der Waals surface area contributed by atoms with Crippen molar-refractivity contribution in [3.63, 3.8) is 0 Å². The molecule has 6 nitrogen and oxygen atoms in total. The SMILES string of the molecule is CCOC(=O)c1ccccc1NC(=O)c1cnoc1C. The summed E-state index contributed by atoms with van der Waals surface area (Å²) in [6, 6.07) is 6.65. The van der Waals surface area contributed by atoms with E-state index < -0.39 is 5.97 Å². The molecule has 0 aliphatic heterocycles. The van der Waals surface area contributed by atoms with Gasteiger partial charge in [-0.15, -0.1) is 0 Å². The van der Waals surface area contributed by atoms with Crippen molar-refractivity contribution < 1.29 is 18.8 Å². The number of nitrogens with zero attached hydrogens (tertiary/aromatic N) is 1. The van der Waals surface area contributed by atoms with Gasteiger partial charge in [-0.2, -0.15) is 0 Å². The van der Waals surface area contributed by atoms with E-state index in [-0.39, 0.29) is 12.5 Å². The van der Waals surface area contributed by atoms with Gasteiger partial charge >= 0.3 is 5.97 Å². The highest BCUT2D eigenvalue weighted by Crippen LogP contribution is 2.18. The maximum absolute atomic E-state index is 12.1. The molecule has 1 amide bonds. The summed E-state index contributed by atoms with van der Waals surface area (Å²) in [7, 11) is 0. The summed E-state index contributed by atoms with van der Waals surface area (Å²) in [6.45, 7) is 3.63. The molecule has 0 bridgehead atoms. The smallest absolute Gasteiger partial charge is 0.340 e. The van der Waals surface area contributed by atoms with Gasteiger partial charge in [-0.05, 0) is 26.0 Å². The van der Waals surface area contributed by atoms with Crippen LogP contribution in [0.15, 0.2) is 35.0 Å². The highest BCUT2D eigenvalue weighted by molar-refractivity contribution is 6.08. The Balaban J connectivity index is 2.24. The lowest BCUT2D eigenvalue weighted by Crippen LogP contribution is -2.16. The van der Waals surface area contributed by atoms with Gasteiger partial charge in [0, 0.05) is 0 Å². The monoisotopic (exact) mass is 274 g/mol. The number of carbonyl (C=O) groups is 2. The summed E-state index contributed by atoms with van der Waals surface area (Å²) in [5.41, 5.74) is 1.01. The van der Waals surface area contributed by atoms with Gasteiger partial charge in [0.05, 0.1) is 24.1 Å². The Labute approximate surface area is 115 Å². The molecule has 0 aliphatic carbocycles. The Morgan fingerprint density at radius 3 is 2.70 bits per heavy atom. The third kappa shape index (κ3) is 2.85. The molecule has 1 aromatic carbocycles. The van der Waals surface area contributed by atoms with Crippen LogP contribution in [0, 0.1) is 6.92 Å². The Kier molecular flexibility index (Phi) is 4.14. The first kappa shape index (κ1) is 13.8. The van der Waals surface area contributed by atoms with Crippen LogP contribution in [-0.2, 0) is 4.74 Å². The summed E-state index contributed by atoms with van der Waals surface area (Å²) in [5.74, 6) is -0.456. The molecule has 20 heavy (non-hydrogen) atoms. The van der Waals surface area contributed by atoms with Gasteiger partial charge in [0.15, 0.2) is 0 Å². The van der Waals surface area contributed by atoms with Gasteiger partial charge < -0.3 is 14.6 Å². The van der Waals surface area contributed by atoms with E-state index >= 15 is 0 Å². The molecule has 0 unspecified atom stereocenters. The number of ether oxygens (including phenoxy) is 1. The third-order valence-corrected chi connectivity index (χ3v) is 2.67. The third-order valence-electron chi connectivity index (χ3n) is 2.67. The highest BCUT2D eigenvalue weighted by Gasteiger charge is 2.17. The van der Waals surface area contributed by atoms with Crippen molar-refractivity contribution in [1.29, 1.82) is 0 Å². The first-order valence-electron chi connectivity index (χ1n) is 6.12. The Bertz CT molecular complexity index is 634. The zero-order valence-electron chi connectivity index (χ0n) is 11.2. The second kappa shape index (κ2) is 6.01. The lowest BCUT2D eigenvalue weighted by molar-refractivity contribution is 0.0527. The number of rotatable bonds is 4. The van der Waals surface area contributed by atoms with E-state index in [0.717, 1.165) is 0 Å². The maximum Gasteiger partial charge on any atom is 0.340 e. The quantitative estimate of drug-likeness (QED) is 0.866. The molecule has 0 aliphatic rings. The first-order chi connectivity index (χ1) is 9.63. The standard InChI is InChI=1S/C14H14N2O4/c1-3-19-14(18)10-6-4-5-7-12(10)16-13(17)11-8-15-20-9(11)2/h4-8H,3H2,1-2H3,(H,16,17). The predicted octanol–water partition coefficient (Wildman–Crippen LogP) is 2.41. The van der Waals surface area contributed by atoms with Crippen LogP contribution in [-0.4, -0.2) is 23.6 Å². The number of aromatic nitrogens is 1. The number of hydrogen-bond acceptors (Lipinski definition) is 5. The minimum Gasteiger partial charge on any atom is -0.462 e. The number of benzene rings is 1. The van der Waals surface area contributed by atoms with Crippen molar-refractivity contribution in [2.24, 2.45) is 0 Å². The van der Waals surface area contributed by atoms with Gasteiger partial charge in [0.25, 0.3) is 5.91 Å².